The lowest BCUT2D eigenvalue weighted by Gasteiger charge is -2.09. The first kappa shape index (κ1) is 14.9. The Bertz CT molecular complexity index is 772. The Hall–Kier alpha value is -2.46. The molecule has 106 valence electrons. The van der Waals surface area contributed by atoms with Crippen molar-refractivity contribution in [2.24, 2.45) is 0 Å². The monoisotopic (exact) mass is 353 g/mol. The number of carbonyl (C=O) groups is 1. The molecule has 21 heavy (non-hydrogen) atoms. The van der Waals surface area contributed by atoms with Gasteiger partial charge in [-0.25, -0.2) is 13.6 Å². The van der Waals surface area contributed by atoms with Crippen LogP contribution >= 0.6 is 15.9 Å². The van der Waals surface area contributed by atoms with E-state index in [1.54, 1.807) is 6.07 Å². The predicted octanol–water partition coefficient (Wildman–Crippen LogP) is 4.09. The smallest absolute Gasteiger partial charge is 0.338 e. The fourth-order valence-electron chi connectivity index (χ4n) is 1.56. The molecule has 0 saturated heterocycles. The van der Waals surface area contributed by atoms with Crippen molar-refractivity contribution in [2.45, 2.75) is 0 Å². The van der Waals surface area contributed by atoms with Gasteiger partial charge in [0.05, 0.1) is 15.6 Å². The summed E-state index contributed by atoms with van der Waals surface area (Å²) < 4.78 is 32.5. The van der Waals surface area contributed by atoms with Crippen LogP contribution in [0.3, 0.4) is 0 Å². The quantitative estimate of drug-likeness (QED) is 0.901. The van der Waals surface area contributed by atoms with Gasteiger partial charge in [-0.2, -0.15) is 5.26 Å². The first-order valence-corrected chi connectivity index (χ1v) is 6.32. The molecule has 2 rings (SSSR count). The van der Waals surface area contributed by atoms with Crippen LogP contribution in [0.4, 0.5) is 8.78 Å². The van der Waals surface area contributed by atoms with Gasteiger partial charge in [-0.3, -0.25) is 0 Å². The van der Waals surface area contributed by atoms with E-state index in [1.165, 1.54) is 18.2 Å². The molecule has 0 spiro atoms. The van der Waals surface area contributed by atoms with Crippen molar-refractivity contribution in [3.05, 3.63) is 57.6 Å². The highest BCUT2D eigenvalue weighted by Crippen LogP contribution is 2.32. The lowest BCUT2D eigenvalue weighted by Crippen LogP contribution is -2.00. The van der Waals surface area contributed by atoms with Crippen LogP contribution in [0.1, 0.15) is 15.9 Å². The molecule has 2 aromatic carbocycles. The summed E-state index contributed by atoms with van der Waals surface area (Å²) in [7, 11) is 0. The summed E-state index contributed by atoms with van der Waals surface area (Å²) in [6, 6.07) is 7.42. The number of ether oxygens (including phenoxy) is 1. The summed E-state index contributed by atoms with van der Waals surface area (Å²) in [6.45, 7) is 0. The lowest BCUT2D eigenvalue weighted by atomic mass is 10.2. The molecule has 0 atom stereocenters. The first-order valence-electron chi connectivity index (χ1n) is 5.53. The second kappa shape index (κ2) is 5.89. The van der Waals surface area contributed by atoms with Crippen LogP contribution in [-0.2, 0) is 0 Å². The number of carboxylic acid groups (broad SMARTS) is 1. The molecular formula is C14H6BrF2NO3. The Balaban J connectivity index is 2.35. The summed E-state index contributed by atoms with van der Waals surface area (Å²) in [5, 5.41) is 17.5. The minimum absolute atomic E-state index is 0.0620. The maximum absolute atomic E-state index is 13.9. The number of carboxylic acids is 1. The fraction of sp³-hybridized carbons (Fsp3) is 0. The molecule has 7 heteroatoms. The van der Waals surface area contributed by atoms with E-state index in [4.69, 9.17) is 15.1 Å². The molecule has 0 saturated carbocycles. The van der Waals surface area contributed by atoms with Gasteiger partial charge in [-0.1, -0.05) is 0 Å². The molecule has 0 heterocycles. The number of halogens is 3. The highest BCUT2D eigenvalue weighted by atomic mass is 79.9. The van der Waals surface area contributed by atoms with Crippen molar-refractivity contribution in [1.82, 2.24) is 0 Å². The Kier molecular flexibility index (Phi) is 4.19. The van der Waals surface area contributed by atoms with Gasteiger partial charge in [0, 0.05) is 6.07 Å². The Morgan fingerprint density at radius 2 is 2.00 bits per heavy atom. The molecular weight excluding hydrogens is 348 g/mol. The van der Waals surface area contributed by atoms with Crippen LogP contribution in [0.15, 0.2) is 34.8 Å². The van der Waals surface area contributed by atoms with Crippen molar-refractivity contribution in [3.63, 3.8) is 0 Å². The Morgan fingerprint density at radius 1 is 1.29 bits per heavy atom. The summed E-state index contributed by atoms with van der Waals surface area (Å²) >= 11 is 2.92. The maximum atomic E-state index is 13.9. The van der Waals surface area contributed by atoms with Gasteiger partial charge in [0.25, 0.3) is 0 Å². The van der Waals surface area contributed by atoms with E-state index >= 15 is 0 Å². The van der Waals surface area contributed by atoms with Crippen molar-refractivity contribution < 1.29 is 23.4 Å². The molecule has 0 unspecified atom stereocenters. The molecule has 0 bridgehead atoms. The molecule has 4 nitrogen and oxygen atoms in total. The van der Waals surface area contributed by atoms with E-state index in [0.717, 1.165) is 12.1 Å². The number of rotatable bonds is 3. The van der Waals surface area contributed by atoms with E-state index in [2.05, 4.69) is 15.9 Å². The number of hydrogen-bond donors (Lipinski definition) is 1. The van der Waals surface area contributed by atoms with E-state index in [-0.39, 0.29) is 21.5 Å². The van der Waals surface area contributed by atoms with Gasteiger partial charge in [-0.15, -0.1) is 0 Å². The molecule has 2 aromatic rings. The average Bonchev–Trinajstić information content (AvgIpc) is 2.44. The molecule has 0 aliphatic rings. The van der Waals surface area contributed by atoms with Crippen LogP contribution < -0.4 is 4.74 Å². The third-order valence-electron chi connectivity index (χ3n) is 2.57. The van der Waals surface area contributed by atoms with E-state index < -0.39 is 23.2 Å². The third kappa shape index (κ3) is 3.01. The van der Waals surface area contributed by atoms with E-state index in [0.29, 0.717) is 0 Å². The van der Waals surface area contributed by atoms with E-state index in [1.807, 2.05) is 0 Å². The molecule has 0 aromatic heterocycles. The SMILES string of the molecule is N#Cc1ccc(Oc2ccc(C(=O)O)c(F)c2)c(F)c1Br. The van der Waals surface area contributed by atoms with Gasteiger partial charge < -0.3 is 9.84 Å². The van der Waals surface area contributed by atoms with Crippen LogP contribution in [-0.4, -0.2) is 11.1 Å². The van der Waals surface area contributed by atoms with Gasteiger partial charge in [-0.05, 0) is 40.2 Å². The first-order chi connectivity index (χ1) is 9.93. The zero-order valence-corrected chi connectivity index (χ0v) is 11.8. The highest BCUT2D eigenvalue weighted by Gasteiger charge is 2.15. The van der Waals surface area contributed by atoms with Crippen molar-refractivity contribution in [2.75, 3.05) is 0 Å². The van der Waals surface area contributed by atoms with Crippen LogP contribution in [0, 0.1) is 23.0 Å². The largest absolute Gasteiger partial charge is 0.478 e. The van der Waals surface area contributed by atoms with Gasteiger partial charge in [0.15, 0.2) is 11.6 Å². The van der Waals surface area contributed by atoms with Crippen LogP contribution in [0.5, 0.6) is 11.5 Å². The van der Waals surface area contributed by atoms with Crippen LogP contribution in [0.25, 0.3) is 0 Å². The lowest BCUT2D eigenvalue weighted by molar-refractivity contribution is 0.0692. The number of hydrogen-bond acceptors (Lipinski definition) is 3. The molecule has 0 aliphatic heterocycles. The number of aromatic carboxylic acids is 1. The van der Waals surface area contributed by atoms with Crippen molar-refractivity contribution in [3.8, 4) is 17.6 Å². The minimum atomic E-state index is -1.41. The topological polar surface area (TPSA) is 70.3 Å². The predicted molar refractivity (Wildman–Crippen MR) is 72.2 cm³/mol. The highest BCUT2D eigenvalue weighted by molar-refractivity contribution is 9.10. The van der Waals surface area contributed by atoms with Crippen LogP contribution in [0.2, 0.25) is 0 Å². The second-order valence-corrected chi connectivity index (χ2v) is 4.69. The molecule has 0 radical (unpaired) electrons. The zero-order valence-electron chi connectivity index (χ0n) is 10.2. The third-order valence-corrected chi connectivity index (χ3v) is 3.34. The number of nitriles is 1. The van der Waals surface area contributed by atoms with Crippen molar-refractivity contribution >= 4 is 21.9 Å². The maximum Gasteiger partial charge on any atom is 0.338 e. The Labute approximate surface area is 126 Å². The average molecular weight is 354 g/mol. The summed E-state index contributed by atoms with van der Waals surface area (Å²) in [6.07, 6.45) is 0. The summed E-state index contributed by atoms with van der Waals surface area (Å²) in [5.41, 5.74) is -0.420. The summed E-state index contributed by atoms with van der Waals surface area (Å²) in [5.74, 6) is -3.49. The number of nitrogens with zero attached hydrogens (tertiary/aromatic N) is 1. The normalized spacial score (nSPS) is 10.0. The zero-order chi connectivity index (χ0) is 15.6. The molecule has 0 amide bonds. The molecule has 1 N–H and O–H groups in total. The summed E-state index contributed by atoms with van der Waals surface area (Å²) in [4.78, 5) is 10.7. The fourth-order valence-corrected chi connectivity index (χ4v) is 1.97. The molecule has 0 aliphatic carbocycles. The Morgan fingerprint density at radius 3 is 2.57 bits per heavy atom. The van der Waals surface area contributed by atoms with Gasteiger partial charge >= 0.3 is 5.97 Å². The van der Waals surface area contributed by atoms with Crippen molar-refractivity contribution in [1.29, 1.82) is 5.26 Å². The molecule has 0 fully saturated rings. The minimum Gasteiger partial charge on any atom is -0.478 e. The van der Waals surface area contributed by atoms with Gasteiger partial charge in [0.2, 0.25) is 0 Å². The standard InChI is InChI=1S/C14H6BrF2NO3/c15-12-7(6-18)1-4-11(13(12)17)21-8-2-3-9(14(19)20)10(16)5-8/h1-5H,(H,19,20). The van der Waals surface area contributed by atoms with Gasteiger partial charge in [0.1, 0.15) is 17.6 Å². The number of benzene rings is 2. The second-order valence-electron chi connectivity index (χ2n) is 3.90. The van der Waals surface area contributed by atoms with E-state index in [9.17, 15) is 13.6 Å².